The van der Waals surface area contributed by atoms with Crippen molar-refractivity contribution in [2.75, 3.05) is 0 Å². The van der Waals surface area contributed by atoms with Crippen molar-refractivity contribution in [3.05, 3.63) is 86.2 Å². The zero-order chi connectivity index (χ0) is 31.0. The maximum atomic E-state index is 12.7. The number of Topliss-reactive ketones (excluding diaryl/α,β-unsaturated/α-hetero) is 4. The summed E-state index contributed by atoms with van der Waals surface area (Å²) in [6, 6.07) is 8.24. The van der Waals surface area contributed by atoms with Crippen molar-refractivity contribution in [1.82, 2.24) is 0 Å². The molecule has 2 aromatic carbocycles. The third-order valence-corrected chi connectivity index (χ3v) is 10.1. The van der Waals surface area contributed by atoms with Gasteiger partial charge in [0, 0.05) is 22.3 Å². The van der Waals surface area contributed by atoms with E-state index in [0.29, 0.717) is 28.0 Å². The van der Waals surface area contributed by atoms with Crippen LogP contribution >= 0.6 is 0 Å². The molecule has 5 heteroatoms. The van der Waals surface area contributed by atoms with Crippen molar-refractivity contribution in [2.24, 2.45) is 5.92 Å². The first-order valence-corrected chi connectivity index (χ1v) is 15.6. The maximum Gasteiger partial charge on any atom is 0.237 e. The molecular formula is C38H40O5. The molecule has 0 N–H and O–H groups in total. The van der Waals surface area contributed by atoms with E-state index in [2.05, 4.69) is 39.8 Å². The number of hydrogen-bond donors (Lipinski definition) is 0. The lowest BCUT2D eigenvalue weighted by molar-refractivity contribution is -0.112. The molecule has 0 spiro atoms. The molecule has 4 aliphatic carbocycles. The average molecular weight is 577 g/mol. The lowest BCUT2D eigenvalue weighted by atomic mass is 9.69. The van der Waals surface area contributed by atoms with Gasteiger partial charge in [-0.1, -0.05) is 65.8 Å². The zero-order valence-corrected chi connectivity index (χ0v) is 26.3. The molecule has 0 aliphatic heterocycles. The van der Waals surface area contributed by atoms with Crippen LogP contribution in [0.3, 0.4) is 0 Å². The van der Waals surface area contributed by atoms with Crippen LogP contribution in [0.1, 0.15) is 132 Å². The predicted molar refractivity (Wildman–Crippen MR) is 168 cm³/mol. The Labute approximate surface area is 253 Å². The molecule has 0 fully saturated rings. The van der Waals surface area contributed by atoms with Crippen molar-refractivity contribution < 1.29 is 23.6 Å². The van der Waals surface area contributed by atoms with Crippen molar-refractivity contribution >= 4 is 29.2 Å². The van der Waals surface area contributed by atoms with Crippen molar-refractivity contribution in [1.29, 1.82) is 0 Å². The number of hydrogen-bond acceptors (Lipinski definition) is 5. The van der Waals surface area contributed by atoms with Crippen LogP contribution < -0.4 is 0 Å². The maximum absolute atomic E-state index is 12.7. The minimum absolute atomic E-state index is 0.0469. The number of carbonyl (C=O) groups is 4. The summed E-state index contributed by atoms with van der Waals surface area (Å²) in [5, 5.41) is 0. The highest BCUT2D eigenvalue weighted by Gasteiger charge is 2.40. The van der Waals surface area contributed by atoms with E-state index in [1.54, 1.807) is 13.2 Å². The van der Waals surface area contributed by atoms with Gasteiger partial charge in [-0.3, -0.25) is 19.2 Å². The molecule has 7 rings (SSSR count). The molecule has 0 amide bonds. The summed E-state index contributed by atoms with van der Waals surface area (Å²) in [6.07, 6.45) is 9.61. The molecule has 43 heavy (non-hydrogen) atoms. The van der Waals surface area contributed by atoms with Crippen LogP contribution in [0.2, 0.25) is 0 Å². The highest BCUT2D eigenvalue weighted by atomic mass is 16.3. The second kappa shape index (κ2) is 10.1. The Morgan fingerprint density at radius 1 is 0.698 bits per heavy atom. The quantitative estimate of drug-likeness (QED) is 0.272. The first-order valence-electron chi connectivity index (χ1n) is 15.6. The van der Waals surface area contributed by atoms with E-state index in [9.17, 15) is 19.2 Å². The fourth-order valence-corrected chi connectivity index (χ4v) is 7.68. The summed E-state index contributed by atoms with van der Waals surface area (Å²) in [6.45, 7) is 14.6. The van der Waals surface area contributed by atoms with Gasteiger partial charge in [0.25, 0.3) is 0 Å². The Bertz CT molecular complexity index is 1770. The van der Waals surface area contributed by atoms with Crippen LogP contribution in [0.5, 0.6) is 0 Å². The Kier molecular flexibility index (Phi) is 6.87. The summed E-state index contributed by atoms with van der Waals surface area (Å²) in [5.74, 6) is -0.766. The molecule has 5 nitrogen and oxygen atoms in total. The van der Waals surface area contributed by atoms with Crippen LogP contribution in [0, 0.1) is 12.8 Å². The smallest absolute Gasteiger partial charge is 0.237 e. The Balaban J connectivity index is 0.000000153. The fourth-order valence-electron chi connectivity index (χ4n) is 7.68. The summed E-state index contributed by atoms with van der Waals surface area (Å²) >= 11 is 0. The van der Waals surface area contributed by atoms with Gasteiger partial charge in [0.05, 0.1) is 11.8 Å². The monoisotopic (exact) mass is 576 g/mol. The van der Waals surface area contributed by atoms with Gasteiger partial charge in [-0.05, 0) is 102 Å². The molecule has 0 atom stereocenters. The molecule has 1 aromatic heterocycles. The standard InChI is InChI=1S/C19H18O3.C19H22O2/c1-10-9-22-18-12-6-7-13-11(5-4-8-19(13,2)3)15(12)17(21)16(20)14(10)18;1-11(2)14-10-12-7-8-15-13(6-5-9-19(15,3)4)16(12)18(21)17(14)20/h6-7,9H,4-5,8H2,1-3H3;7-8,10-11H,5-6,9H2,1-4H3. The van der Waals surface area contributed by atoms with Crippen molar-refractivity contribution in [2.45, 2.75) is 97.8 Å². The number of carbonyl (C=O) groups excluding carboxylic acids is 4. The third-order valence-electron chi connectivity index (χ3n) is 10.1. The number of aryl methyl sites for hydroxylation is 1. The minimum atomic E-state index is -0.425. The highest BCUT2D eigenvalue weighted by molar-refractivity contribution is 6.53. The number of benzene rings is 2. The van der Waals surface area contributed by atoms with Gasteiger partial charge in [-0.25, -0.2) is 0 Å². The van der Waals surface area contributed by atoms with E-state index >= 15 is 0 Å². The largest absolute Gasteiger partial charge is 0.463 e. The van der Waals surface area contributed by atoms with E-state index in [1.165, 1.54) is 11.1 Å². The number of furan rings is 1. The lowest BCUT2D eigenvalue weighted by Gasteiger charge is -2.34. The zero-order valence-electron chi connectivity index (χ0n) is 26.3. The van der Waals surface area contributed by atoms with Crippen LogP contribution in [-0.2, 0) is 28.5 Å². The fraction of sp³-hybridized carbons (Fsp3) is 0.421. The molecule has 0 unspecified atom stereocenters. The molecule has 0 bridgehead atoms. The van der Waals surface area contributed by atoms with Crippen LogP contribution in [0.25, 0.3) is 17.4 Å². The number of fused-ring (bicyclic) bond motifs is 8. The lowest BCUT2D eigenvalue weighted by Crippen LogP contribution is -2.30. The van der Waals surface area contributed by atoms with Gasteiger partial charge >= 0.3 is 0 Å². The molecular weight excluding hydrogens is 536 g/mol. The summed E-state index contributed by atoms with van der Waals surface area (Å²) in [5.41, 5.74) is 9.52. The van der Waals surface area contributed by atoms with Gasteiger partial charge in [-0.2, -0.15) is 0 Å². The average Bonchev–Trinajstić information content (AvgIpc) is 3.34. The van der Waals surface area contributed by atoms with E-state index in [1.807, 2.05) is 32.1 Å². The van der Waals surface area contributed by atoms with Gasteiger partial charge in [-0.15, -0.1) is 0 Å². The van der Waals surface area contributed by atoms with E-state index in [0.717, 1.165) is 66.3 Å². The second-order valence-electron chi connectivity index (χ2n) is 14.2. The minimum Gasteiger partial charge on any atom is -0.463 e. The van der Waals surface area contributed by atoms with E-state index < -0.39 is 5.78 Å². The first-order chi connectivity index (χ1) is 20.2. The van der Waals surface area contributed by atoms with Gasteiger partial charge < -0.3 is 4.42 Å². The summed E-state index contributed by atoms with van der Waals surface area (Å²) < 4.78 is 5.60. The molecule has 222 valence electrons. The highest BCUT2D eigenvalue weighted by Crippen LogP contribution is 2.45. The SMILES string of the molecule is CC(C)C1=Cc2ccc3c(c2C(=O)C1=O)CCCC3(C)C.Cc1coc2c1C(=O)C(=O)c1c-2ccc2c1CCCC2(C)C. The van der Waals surface area contributed by atoms with Gasteiger partial charge in [0.1, 0.15) is 5.76 Å². The van der Waals surface area contributed by atoms with Crippen LogP contribution in [0.4, 0.5) is 0 Å². The summed E-state index contributed by atoms with van der Waals surface area (Å²) in [4.78, 5) is 50.2. The van der Waals surface area contributed by atoms with Crippen molar-refractivity contribution in [3.63, 3.8) is 0 Å². The van der Waals surface area contributed by atoms with E-state index in [-0.39, 0.29) is 34.1 Å². The normalized spacial score (nSPS) is 19.4. The molecule has 0 saturated carbocycles. The molecule has 4 aliphatic rings. The molecule has 1 heterocycles. The first kappa shape index (κ1) is 29.2. The summed E-state index contributed by atoms with van der Waals surface area (Å²) in [7, 11) is 0. The molecule has 0 saturated heterocycles. The number of ketones is 4. The Morgan fingerprint density at radius 3 is 1.84 bits per heavy atom. The topological polar surface area (TPSA) is 81.4 Å². The van der Waals surface area contributed by atoms with Crippen LogP contribution in [0.15, 0.2) is 40.5 Å². The predicted octanol–water partition coefficient (Wildman–Crippen LogP) is 8.35. The molecule has 3 aromatic rings. The third kappa shape index (κ3) is 4.51. The Morgan fingerprint density at radius 2 is 1.23 bits per heavy atom. The number of rotatable bonds is 1. The van der Waals surface area contributed by atoms with E-state index in [4.69, 9.17) is 4.42 Å². The number of allylic oxidation sites excluding steroid dienone is 1. The van der Waals surface area contributed by atoms with Crippen molar-refractivity contribution in [3.8, 4) is 11.3 Å². The van der Waals surface area contributed by atoms with Gasteiger partial charge in [0.15, 0.2) is 0 Å². The molecule has 0 radical (unpaired) electrons. The second-order valence-corrected chi connectivity index (χ2v) is 14.2. The van der Waals surface area contributed by atoms with Crippen LogP contribution in [-0.4, -0.2) is 23.1 Å². The Hall–Kier alpha value is -3.86. The van der Waals surface area contributed by atoms with Gasteiger partial charge in [0.2, 0.25) is 23.1 Å².